The molecule has 1 aliphatic rings. The van der Waals surface area contributed by atoms with Gasteiger partial charge >= 0.3 is 0 Å². The van der Waals surface area contributed by atoms with Crippen LogP contribution < -0.4 is 0 Å². The van der Waals surface area contributed by atoms with Crippen molar-refractivity contribution in [3.8, 4) is 78.4 Å². The molecule has 0 saturated carbocycles. The van der Waals surface area contributed by atoms with Crippen LogP contribution in [0.4, 0.5) is 0 Å². The highest BCUT2D eigenvalue weighted by atomic mass is 32.1. The molecule has 292 valence electrons. The molecule has 3 heteroatoms. The van der Waals surface area contributed by atoms with Crippen molar-refractivity contribution in [2.45, 2.75) is 19.3 Å². The molecule has 11 aromatic rings. The summed E-state index contributed by atoms with van der Waals surface area (Å²) in [7, 11) is 0. The second-order valence-electron chi connectivity index (χ2n) is 16.9. The Morgan fingerprint density at radius 2 is 0.968 bits per heavy atom. The molecular formula is C59H40N2S. The van der Waals surface area contributed by atoms with Gasteiger partial charge in [-0.3, -0.25) is 0 Å². The zero-order valence-corrected chi connectivity index (χ0v) is 35.2. The molecule has 9 aromatic carbocycles. The first kappa shape index (κ1) is 36.4. The predicted octanol–water partition coefficient (Wildman–Crippen LogP) is 16.3. The van der Waals surface area contributed by atoms with Crippen molar-refractivity contribution in [2.75, 3.05) is 0 Å². The zero-order valence-electron chi connectivity index (χ0n) is 34.4. The highest BCUT2D eigenvalue weighted by molar-refractivity contribution is 7.26. The smallest absolute Gasteiger partial charge is 0.160 e. The van der Waals surface area contributed by atoms with Crippen molar-refractivity contribution >= 4 is 42.3 Å². The molecule has 0 spiro atoms. The molecule has 0 atom stereocenters. The Labute approximate surface area is 365 Å². The highest BCUT2D eigenvalue weighted by Crippen LogP contribution is 2.53. The summed E-state index contributed by atoms with van der Waals surface area (Å²) >= 11 is 1.87. The van der Waals surface area contributed by atoms with Crippen LogP contribution in [0.15, 0.2) is 206 Å². The van der Waals surface area contributed by atoms with Gasteiger partial charge in [-0.1, -0.05) is 190 Å². The lowest BCUT2D eigenvalue weighted by molar-refractivity contribution is 0.661. The highest BCUT2D eigenvalue weighted by Gasteiger charge is 2.37. The van der Waals surface area contributed by atoms with Gasteiger partial charge in [-0.15, -0.1) is 11.3 Å². The van der Waals surface area contributed by atoms with E-state index < -0.39 is 0 Å². The molecule has 0 saturated heterocycles. The number of fused-ring (bicyclic) bond motifs is 7. The summed E-state index contributed by atoms with van der Waals surface area (Å²) < 4.78 is 2.64. The van der Waals surface area contributed by atoms with Crippen molar-refractivity contribution in [1.82, 2.24) is 9.97 Å². The summed E-state index contributed by atoms with van der Waals surface area (Å²) in [5, 5.41) is 5.18. The van der Waals surface area contributed by atoms with E-state index in [0.29, 0.717) is 5.82 Å². The maximum absolute atomic E-state index is 5.29. The van der Waals surface area contributed by atoms with Crippen molar-refractivity contribution < 1.29 is 0 Å². The van der Waals surface area contributed by atoms with Crippen molar-refractivity contribution in [3.63, 3.8) is 0 Å². The van der Waals surface area contributed by atoms with Gasteiger partial charge in [0, 0.05) is 42.3 Å². The molecule has 62 heavy (non-hydrogen) atoms. The summed E-state index contributed by atoms with van der Waals surface area (Å²) in [6.45, 7) is 4.72. The van der Waals surface area contributed by atoms with E-state index in [9.17, 15) is 0 Å². The molecular weight excluding hydrogens is 769 g/mol. The van der Waals surface area contributed by atoms with E-state index in [1.165, 1.54) is 75.5 Å². The summed E-state index contributed by atoms with van der Waals surface area (Å²) in [5.41, 5.74) is 17.3. The average Bonchev–Trinajstić information content (AvgIpc) is 3.82. The number of hydrogen-bond donors (Lipinski definition) is 0. The second kappa shape index (κ2) is 14.3. The van der Waals surface area contributed by atoms with Crippen LogP contribution in [0.25, 0.3) is 109 Å². The van der Waals surface area contributed by atoms with Crippen LogP contribution in [0.1, 0.15) is 25.0 Å². The fraction of sp³-hybridized carbons (Fsp3) is 0.0508. The van der Waals surface area contributed by atoms with E-state index in [-0.39, 0.29) is 5.41 Å². The molecule has 2 heterocycles. The van der Waals surface area contributed by atoms with Crippen LogP contribution in [0.5, 0.6) is 0 Å². The van der Waals surface area contributed by atoms with Gasteiger partial charge in [0.25, 0.3) is 0 Å². The molecule has 0 N–H and O–H groups in total. The Morgan fingerprint density at radius 3 is 1.81 bits per heavy atom. The third-order valence-corrected chi connectivity index (χ3v) is 14.1. The summed E-state index contributed by atoms with van der Waals surface area (Å²) in [5.74, 6) is 0.702. The summed E-state index contributed by atoms with van der Waals surface area (Å²) in [6.07, 6.45) is 0. The van der Waals surface area contributed by atoms with E-state index in [4.69, 9.17) is 9.97 Å². The lowest BCUT2D eigenvalue weighted by atomic mass is 9.81. The largest absolute Gasteiger partial charge is 0.228 e. The zero-order chi connectivity index (χ0) is 41.4. The molecule has 0 unspecified atom stereocenters. The third kappa shape index (κ3) is 5.92. The quantitative estimate of drug-likeness (QED) is 0.167. The standard InChI is InChI=1S/C59H40N2S/c1-59(2)51-27-14-24-45(56(51)50-34-40-17-6-7-18-41(40)35-52(50)59)42-19-12-20-43(33-42)53-36-54(61-58(60-53)39-15-4-3-5-16-39)47-22-9-8-21-44(47)37-29-31-38(32-30-37)46-25-13-26-49-48-23-10-11-28-55(48)62-57(46)49/h3-36H,1-2H3. The van der Waals surface area contributed by atoms with Gasteiger partial charge in [-0.2, -0.15) is 0 Å². The number of aromatic nitrogens is 2. The van der Waals surface area contributed by atoms with Gasteiger partial charge in [0.05, 0.1) is 11.4 Å². The monoisotopic (exact) mass is 808 g/mol. The first-order chi connectivity index (χ1) is 30.5. The fourth-order valence-corrected chi connectivity index (χ4v) is 11.0. The third-order valence-electron chi connectivity index (χ3n) is 12.9. The van der Waals surface area contributed by atoms with Crippen LogP contribution >= 0.6 is 11.3 Å². The number of thiophene rings is 1. The lowest BCUT2D eigenvalue weighted by Crippen LogP contribution is -2.14. The van der Waals surface area contributed by atoms with Crippen molar-refractivity contribution in [1.29, 1.82) is 0 Å². The maximum atomic E-state index is 5.29. The molecule has 1 aliphatic carbocycles. The number of nitrogens with zero attached hydrogens (tertiary/aromatic N) is 2. The maximum Gasteiger partial charge on any atom is 0.160 e. The van der Waals surface area contributed by atoms with Crippen LogP contribution in [-0.2, 0) is 5.41 Å². The first-order valence-electron chi connectivity index (χ1n) is 21.3. The normalized spacial score (nSPS) is 12.8. The van der Waals surface area contributed by atoms with Gasteiger partial charge in [0.15, 0.2) is 5.82 Å². The van der Waals surface area contributed by atoms with Gasteiger partial charge in [-0.05, 0) is 96.7 Å². The van der Waals surface area contributed by atoms with Gasteiger partial charge in [0.1, 0.15) is 0 Å². The van der Waals surface area contributed by atoms with Gasteiger partial charge in [-0.25, -0.2) is 9.97 Å². The van der Waals surface area contributed by atoms with Gasteiger partial charge in [0.2, 0.25) is 0 Å². The molecule has 0 fully saturated rings. The summed E-state index contributed by atoms with van der Waals surface area (Å²) in [6, 6.07) is 74.8. The minimum absolute atomic E-state index is 0.116. The number of hydrogen-bond acceptors (Lipinski definition) is 3. The predicted molar refractivity (Wildman–Crippen MR) is 263 cm³/mol. The topological polar surface area (TPSA) is 25.8 Å². The molecule has 2 aromatic heterocycles. The number of benzene rings is 9. The van der Waals surface area contributed by atoms with E-state index in [0.717, 1.165) is 39.2 Å². The van der Waals surface area contributed by atoms with Crippen LogP contribution in [-0.4, -0.2) is 9.97 Å². The minimum atomic E-state index is -0.116. The lowest BCUT2D eigenvalue weighted by Gasteiger charge is -2.22. The molecule has 0 amide bonds. The van der Waals surface area contributed by atoms with Crippen LogP contribution in [0.3, 0.4) is 0 Å². The Kier molecular flexibility index (Phi) is 8.41. The molecule has 0 aliphatic heterocycles. The van der Waals surface area contributed by atoms with Gasteiger partial charge < -0.3 is 0 Å². The van der Waals surface area contributed by atoms with E-state index in [2.05, 4.69) is 214 Å². The second-order valence-corrected chi connectivity index (χ2v) is 18.0. The van der Waals surface area contributed by atoms with Crippen LogP contribution in [0, 0.1) is 0 Å². The SMILES string of the molecule is CC1(C)c2cc3ccccc3cc2-c2c(-c3cccc(-c4cc(-c5ccccc5-c5ccc(-c6cccc7c6sc6ccccc67)cc5)nc(-c5ccccc5)n4)c3)cccc21. The average molecular weight is 809 g/mol. The summed E-state index contributed by atoms with van der Waals surface area (Å²) in [4.78, 5) is 10.6. The Bertz CT molecular complexity index is 3540. The Hall–Kier alpha value is -7.46. The Morgan fingerprint density at radius 1 is 0.371 bits per heavy atom. The number of rotatable bonds is 6. The molecule has 12 rings (SSSR count). The van der Waals surface area contributed by atoms with Crippen molar-refractivity contribution in [2.24, 2.45) is 0 Å². The molecule has 2 nitrogen and oxygen atoms in total. The van der Waals surface area contributed by atoms with Crippen LogP contribution in [0.2, 0.25) is 0 Å². The van der Waals surface area contributed by atoms with Crippen molar-refractivity contribution in [3.05, 3.63) is 217 Å². The first-order valence-corrected chi connectivity index (χ1v) is 22.1. The van der Waals surface area contributed by atoms with E-state index in [1.807, 2.05) is 17.4 Å². The molecule has 0 radical (unpaired) electrons. The fourth-order valence-electron chi connectivity index (χ4n) is 9.77. The van der Waals surface area contributed by atoms with E-state index >= 15 is 0 Å². The molecule has 0 bridgehead atoms. The minimum Gasteiger partial charge on any atom is -0.228 e. The van der Waals surface area contributed by atoms with E-state index in [1.54, 1.807) is 0 Å². The Balaban J connectivity index is 0.966.